The first kappa shape index (κ1) is 28.1. The number of nitrogens with one attached hydrogen (secondary N) is 3. The zero-order chi connectivity index (χ0) is 29.0. The van der Waals surface area contributed by atoms with Gasteiger partial charge in [-0.1, -0.05) is 74.9 Å². The van der Waals surface area contributed by atoms with Crippen LogP contribution in [0.1, 0.15) is 74.5 Å². The van der Waals surface area contributed by atoms with Crippen LogP contribution in [0.2, 0.25) is 0 Å². The molecule has 3 aromatic carbocycles. The number of allylic oxidation sites excluding steroid dienone is 1. The molecule has 0 radical (unpaired) electrons. The van der Waals surface area contributed by atoms with Crippen molar-refractivity contribution >= 4 is 34.2 Å². The van der Waals surface area contributed by atoms with Crippen LogP contribution in [0.3, 0.4) is 0 Å². The van der Waals surface area contributed by atoms with Gasteiger partial charge in [0.25, 0.3) is 5.91 Å². The minimum absolute atomic E-state index is 0.104. The van der Waals surface area contributed by atoms with Crippen molar-refractivity contribution in [1.29, 1.82) is 0 Å². The fourth-order valence-electron chi connectivity index (χ4n) is 5.19. The lowest BCUT2D eigenvalue weighted by molar-refractivity contribution is 0.0953. The number of nitrogens with zero attached hydrogens (tertiary/aromatic N) is 2. The molecule has 3 N–H and O–H groups in total. The first-order valence-electron chi connectivity index (χ1n) is 14.4. The standard InChI is InChI=1S/C34H39N5O2/c1-23-17-18-26(21-28(23)32(40)35-20-19-24-11-6-5-7-12-24)39-31(22-30(38-39)34(2,3)4)37-33(41)36-29-16-10-14-25-13-8-9-15-27(25)29/h8-11,13-18,21-22H,5-7,12,19-20H2,1-4H3,(H,35,40)(H2,36,37,41). The van der Waals surface area contributed by atoms with Gasteiger partial charge in [-0.25, -0.2) is 9.48 Å². The highest BCUT2D eigenvalue weighted by Crippen LogP contribution is 2.28. The number of carbonyl (C=O) groups excluding carboxylic acids is 2. The van der Waals surface area contributed by atoms with E-state index in [0.29, 0.717) is 23.6 Å². The molecule has 212 valence electrons. The molecule has 4 aromatic rings. The van der Waals surface area contributed by atoms with Gasteiger partial charge < -0.3 is 10.6 Å². The van der Waals surface area contributed by atoms with Gasteiger partial charge in [0.05, 0.1) is 17.1 Å². The minimum Gasteiger partial charge on any atom is -0.352 e. The van der Waals surface area contributed by atoms with Gasteiger partial charge >= 0.3 is 6.03 Å². The molecule has 0 aliphatic heterocycles. The van der Waals surface area contributed by atoms with Crippen LogP contribution >= 0.6 is 0 Å². The number of urea groups is 1. The predicted molar refractivity (Wildman–Crippen MR) is 167 cm³/mol. The van der Waals surface area contributed by atoms with Crippen molar-refractivity contribution in [1.82, 2.24) is 15.1 Å². The van der Waals surface area contributed by atoms with Gasteiger partial charge in [0.2, 0.25) is 0 Å². The van der Waals surface area contributed by atoms with Crippen LogP contribution in [0.5, 0.6) is 0 Å². The van der Waals surface area contributed by atoms with E-state index in [2.05, 4.69) is 42.8 Å². The molecule has 5 rings (SSSR count). The lowest BCUT2D eigenvalue weighted by Gasteiger charge is -2.15. The van der Waals surface area contributed by atoms with Crippen LogP contribution < -0.4 is 16.0 Å². The Hall–Kier alpha value is -4.39. The summed E-state index contributed by atoms with van der Waals surface area (Å²) in [6.07, 6.45) is 7.96. The second-order valence-corrected chi connectivity index (χ2v) is 11.8. The highest BCUT2D eigenvalue weighted by Gasteiger charge is 2.22. The van der Waals surface area contributed by atoms with E-state index in [1.165, 1.54) is 18.4 Å². The topological polar surface area (TPSA) is 88.1 Å². The summed E-state index contributed by atoms with van der Waals surface area (Å²) in [4.78, 5) is 26.4. The third kappa shape index (κ3) is 6.68. The summed E-state index contributed by atoms with van der Waals surface area (Å²) in [5.41, 5.74) is 4.92. The van der Waals surface area contributed by atoms with Gasteiger partial charge in [0, 0.05) is 29.0 Å². The first-order valence-corrected chi connectivity index (χ1v) is 14.4. The number of aromatic nitrogens is 2. The number of fused-ring (bicyclic) bond motifs is 1. The summed E-state index contributed by atoms with van der Waals surface area (Å²) >= 11 is 0. The largest absolute Gasteiger partial charge is 0.352 e. The van der Waals surface area contributed by atoms with Crippen molar-refractivity contribution < 1.29 is 9.59 Å². The summed E-state index contributed by atoms with van der Waals surface area (Å²) in [5.74, 6) is 0.416. The van der Waals surface area contributed by atoms with Gasteiger partial charge in [0.1, 0.15) is 5.82 Å². The lowest BCUT2D eigenvalue weighted by atomic mass is 9.92. The van der Waals surface area contributed by atoms with Gasteiger partial charge in [0.15, 0.2) is 0 Å². The summed E-state index contributed by atoms with van der Waals surface area (Å²) in [5, 5.41) is 15.9. The molecule has 1 heterocycles. The third-order valence-electron chi connectivity index (χ3n) is 7.58. The van der Waals surface area contributed by atoms with Crippen LogP contribution in [0.15, 0.2) is 78.4 Å². The van der Waals surface area contributed by atoms with E-state index in [9.17, 15) is 9.59 Å². The Morgan fingerprint density at radius 2 is 1.76 bits per heavy atom. The van der Waals surface area contributed by atoms with Crippen molar-refractivity contribution in [3.05, 3.63) is 95.2 Å². The Morgan fingerprint density at radius 1 is 0.951 bits per heavy atom. The first-order chi connectivity index (χ1) is 19.7. The Kier molecular flexibility index (Phi) is 8.24. The number of amides is 3. The molecule has 7 heteroatoms. The zero-order valence-corrected chi connectivity index (χ0v) is 24.4. The van der Waals surface area contributed by atoms with Gasteiger partial charge in [-0.15, -0.1) is 0 Å². The normalized spacial score (nSPS) is 13.5. The highest BCUT2D eigenvalue weighted by molar-refractivity contribution is 6.06. The maximum atomic E-state index is 13.2. The van der Waals surface area contributed by atoms with Gasteiger partial charge in [-0.2, -0.15) is 5.10 Å². The molecular formula is C34H39N5O2. The summed E-state index contributed by atoms with van der Waals surface area (Å²) in [6, 6.07) is 21.0. The van der Waals surface area contributed by atoms with Crippen LogP contribution in [-0.2, 0) is 5.41 Å². The fourth-order valence-corrected chi connectivity index (χ4v) is 5.19. The number of benzene rings is 3. The minimum atomic E-state index is -0.370. The van der Waals surface area contributed by atoms with Crippen molar-refractivity contribution in [2.24, 2.45) is 0 Å². The predicted octanol–water partition coefficient (Wildman–Crippen LogP) is 7.90. The van der Waals surface area contributed by atoms with Crippen molar-refractivity contribution in [2.45, 2.75) is 65.2 Å². The molecule has 0 bridgehead atoms. The molecule has 1 aromatic heterocycles. The third-order valence-corrected chi connectivity index (χ3v) is 7.58. The molecule has 7 nitrogen and oxygen atoms in total. The Balaban J connectivity index is 1.38. The number of hydrogen-bond donors (Lipinski definition) is 3. The Labute approximate surface area is 242 Å². The lowest BCUT2D eigenvalue weighted by Crippen LogP contribution is -2.26. The van der Waals surface area contributed by atoms with Gasteiger partial charge in [-0.3, -0.25) is 10.1 Å². The molecule has 1 aliphatic rings. The van der Waals surface area contributed by atoms with E-state index < -0.39 is 0 Å². The maximum absolute atomic E-state index is 13.2. The maximum Gasteiger partial charge on any atom is 0.324 e. The molecule has 0 unspecified atom stereocenters. The van der Waals surface area contributed by atoms with E-state index in [-0.39, 0.29) is 17.4 Å². The van der Waals surface area contributed by atoms with Crippen molar-refractivity contribution in [3.63, 3.8) is 0 Å². The molecule has 0 spiro atoms. The monoisotopic (exact) mass is 549 g/mol. The molecule has 0 atom stereocenters. The van der Waals surface area contributed by atoms with Crippen LogP contribution in [0, 0.1) is 6.92 Å². The number of rotatable bonds is 7. The molecule has 41 heavy (non-hydrogen) atoms. The molecule has 3 amide bonds. The number of carbonyl (C=O) groups is 2. The van der Waals surface area contributed by atoms with E-state index in [4.69, 9.17) is 5.10 Å². The van der Waals surface area contributed by atoms with Crippen molar-refractivity contribution in [2.75, 3.05) is 17.2 Å². The van der Waals surface area contributed by atoms with E-state index in [1.807, 2.05) is 73.7 Å². The van der Waals surface area contributed by atoms with E-state index >= 15 is 0 Å². The summed E-state index contributed by atoms with van der Waals surface area (Å²) in [7, 11) is 0. The smallest absolute Gasteiger partial charge is 0.324 e. The average Bonchev–Trinajstić information content (AvgIpc) is 3.38. The second kappa shape index (κ2) is 12.0. The molecule has 0 fully saturated rings. The number of aryl methyl sites for hydroxylation is 1. The van der Waals surface area contributed by atoms with Gasteiger partial charge in [-0.05, 0) is 68.2 Å². The second-order valence-electron chi connectivity index (χ2n) is 11.8. The number of hydrogen-bond acceptors (Lipinski definition) is 3. The Morgan fingerprint density at radius 3 is 2.54 bits per heavy atom. The molecule has 1 aliphatic carbocycles. The quantitative estimate of drug-likeness (QED) is 0.205. The van der Waals surface area contributed by atoms with E-state index in [0.717, 1.165) is 47.0 Å². The molecular weight excluding hydrogens is 510 g/mol. The fraction of sp³-hybridized carbons (Fsp3) is 0.324. The summed E-state index contributed by atoms with van der Waals surface area (Å²) in [6.45, 7) is 8.79. The van der Waals surface area contributed by atoms with Crippen LogP contribution in [-0.4, -0.2) is 28.3 Å². The highest BCUT2D eigenvalue weighted by atomic mass is 16.2. The van der Waals surface area contributed by atoms with E-state index in [1.54, 1.807) is 4.68 Å². The molecule has 0 saturated heterocycles. The summed E-state index contributed by atoms with van der Waals surface area (Å²) < 4.78 is 1.70. The zero-order valence-electron chi connectivity index (χ0n) is 24.4. The number of anilines is 2. The van der Waals surface area contributed by atoms with Crippen molar-refractivity contribution in [3.8, 4) is 5.69 Å². The van der Waals surface area contributed by atoms with Crippen LogP contribution in [0.4, 0.5) is 16.3 Å². The SMILES string of the molecule is Cc1ccc(-n2nc(C(C)(C)C)cc2NC(=O)Nc2cccc3ccccc23)cc1C(=O)NCCC1=CCCCC1. The average molecular weight is 550 g/mol. The Bertz CT molecular complexity index is 1600. The molecule has 0 saturated carbocycles. The van der Waals surface area contributed by atoms with Crippen LogP contribution in [0.25, 0.3) is 16.5 Å².